The van der Waals surface area contributed by atoms with Crippen LogP contribution in [0.2, 0.25) is 0 Å². The van der Waals surface area contributed by atoms with Crippen molar-refractivity contribution in [2.75, 3.05) is 6.54 Å². The van der Waals surface area contributed by atoms with Crippen LogP contribution in [-0.2, 0) is 6.54 Å². The van der Waals surface area contributed by atoms with Gasteiger partial charge in [-0.2, -0.15) is 0 Å². The molecule has 0 fully saturated rings. The highest BCUT2D eigenvalue weighted by atomic mass is 19.1. The van der Waals surface area contributed by atoms with Gasteiger partial charge in [-0.3, -0.25) is 4.79 Å². The molecule has 58 valence electrons. The van der Waals surface area contributed by atoms with Gasteiger partial charge in [-0.05, 0) is 6.07 Å². The molecule has 1 N–H and O–H groups in total. The van der Waals surface area contributed by atoms with Crippen molar-refractivity contribution in [3.05, 3.63) is 23.8 Å². The zero-order valence-electron chi connectivity index (χ0n) is 5.80. The van der Waals surface area contributed by atoms with E-state index in [1.54, 1.807) is 10.8 Å². The number of carbonyl (C=O) groups excluding carboxylic acids is 1. The molecule has 2 rings (SSSR count). The number of halogens is 1. The summed E-state index contributed by atoms with van der Waals surface area (Å²) in [5, 5.41) is 2.57. The molecule has 1 aromatic heterocycles. The Bertz CT molecular complexity index is 305. The van der Waals surface area contributed by atoms with E-state index in [4.69, 9.17) is 0 Å². The number of rotatable bonds is 0. The Morgan fingerprint density at radius 1 is 1.64 bits per heavy atom. The molecule has 0 atom stereocenters. The molecule has 0 saturated heterocycles. The maximum Gasteiger partial charge on any atom is 0.271 e. The largest absolute Gasteiger partial charge is 0.349 e. The lowest BCUT2D eigenvalue weighted by atomic mass is 10.3. The lowest BCUT2D eigenvalue weighted by molar-refractivity contribution is 0.0923. The number of carbonyl (C=O) groups is 1. The Morgan fingerprint density at radius 2 is 2.45 bits per heavy atom. The van der Waals surface area contributed by atoms with E-state index in [0.717, 1.165) is 0 Å². The van der Waals surface area contributed by atoms with E-state index in [2.05, 4.69) is 5.32 Å². The van der Waals surface area contributed by atoms with Crippen molar-refractivity contribution < 1.29 is 9.18 Å². The lowest BCUT2D eigenvalue weighted by Crippen LogP contribution is -2.35. The van der Waals surface area contributed by atoms with Crippen molar-refractivity contribution in [2.45, 2.75) is 6.54 Å². The van der Waals surface area contributed by atoms with Gasteiger partial charge in [-0.1, -0.05) is 0 Å². The molecule has 2 heterocycles. The van der Waals surface area contributed by atoms with E-state index >= 15 is 0 Å². The number of nitrogens with one attached hydrogen (secondary N) is 1. The number of hydrogen-bond donors (Lipinski definition) is 1. The third kappa shape index (κ3) is 0.824. The summed E-state index contributed by atoms with van der Waals surface area (Å²) in [4.78, 5) is 11.0. The summed E-state index contributed by atoms with van der Waals surface area (Å²) >= 11 is 0. The van der Waals surface area contributed by atoms with Gasteiger partial charge in [0.25, 0.3) is 5.91 Å². The van der Waals surface area contributed by atoms with Gasteiger partial charge in [0.05, 0.1) is 0 Å². The summed E-state index contributed by atoms with van der Waals surface area (Å²) in [6, 6.07) is 1.31. The van der Waals surface area contributed by atoms with Crippen LogP contribution in [0.25, 0.3) is 0 Å². The monoisotopic (exact) mass is 154 g/mol. The van der Waals surface area contributed by atoms with Crippen molar-refractivity contribution >= 4 is 5.91 Å². The summed E-state index contributed by atoms with van der Waals surface area (Å²) in [7, 11) is 0. The van der Waals surface area contributed by atoms with Crippen molar-refractivity contribution in [1.82, 2.24) is 9.88 Å². The molecule has 1 aromatic rings. The van der Waals surface area contributed by atoms with E-state index in [0.29, 0.717) is 13.1 Å². The molecule has 0 radical (unpaired) electrons. The van der Waals surface area contributed by atoms with Crippen LogP contribution in [-0.4, -0.2) is 17.0 Å². The molecular weight excluding hydrogens is 147 g/mol. The number of hydrogen-bond acceptors (Lipinski definition) is 1. The number of fused-ring (bicyclic) bond motifs is 1. The van der Waals surface area contributed by atoms with E-state index in [1.807, 2.05) is 0 Å². The summed E-state index contributed by atoms with van der Waals surface area (Å²) in [6.07, 6.45) is 1.59. The molecule has 4 heteroatoms. The minimum atomic E-state index is -0.442. The first kappa shape index (κ1) is 6.39. The normalized spacial score (nSPS) is 15.9. The maximum absolute atomic E-state index is 12.8. The predicted molar refractivity (Wildman–Crippen MR) is 36.7 cm³/mol. The maximum atomic E-state index is 12.8. The van der Waals surface area contributed by atoms with E-state index in [1.165, 1.54) is 6.07 Å². The fourth-order valence-electron chi connectivity index (χ4n) is 1.24. The van der Waals surface area contributed by atoms with E-state index in [-0.39, 0.29) is 11.6 Å². The summed E-state index contributed by atoms with van der Waals surface area (Å²) < 4.78 is 14.4. The van der Waals surface area contributed by atoms with Crippen LogP contribution in [0, 0.1) is 5.82 Å². The quantitative estimate of drug-likeness (QED) is 0.575. The van der Waals surface area contributed by atoms with Crippen LogP contribution in [0.15, 0.2) is 12.3 Å². The van der Waals surface area contributed by atoms with E-state index < -0.39 is 5.82 Å². The molecule has 1 aliphatic heterocycles. The van der Waals surface area contributed by atoms with Crippen molar-refractivity contribution in [3.63, 3.8) is 0 Å². The number of amides is 1. The van der Waals surface area contributed by atoms with Crippen LogP contribution < -0.4 is 5.32 Å². The van der Waals surface area contributed by atoms with Gasteiger partial charge in [-0.15, -0.1) is 0 Å². The Hall–Kier alpha value is -1.32. The Balaban J connectivity index is 2.56. The smallest absolute Gasteiger partial charge is 0.271 e. The molecule has 0 unspecified atom stereocenters. The second-order valence-electron chi connectivity index (χ2n) is 2.46. The molecule has 1 amide bonds. The molecule has 11 heavy (non-hydrogen) atoms. The first-order valence-electron chi connectivity index (χ1n) is 3.42. The predicted octanol–water partition coefficient (Wildman–Crippen LogP) is 0.371. The second-order valence-corrected chi connectivity index (χ2v) is 2.46. The number of nitrogens with zero attached hydrogens (tertiary/aromatic N) is 1. The molecule has 0 aromatic carbocycles. The summed E-state index contributed by atoms with van der Waals surface area (Å²) in [5.41, 5.74) is 0.149. The average molecular weight is 154 g/mol. The third-order valence-corrected chi connectivity index (χ3v) is 1.77. The third-order valence-electron chi connectivity index (χ3n) is 1.77. The van der Waals surface area contributed by atoms with Crippen LogP contribution in [0.1, 0.15) is 10.5 Å². The Labute approximate surface area is 62.8 Å². The summed E-state index contributed by atoms with van der Waals surface area (Å²) in [6.45, 7) is 1.24. The Morgan fingerprint density at radius 3 is 3.18 bits per heavy atom. The lowest BCUT2D eigenvalue weighted by Gasteiger charge is -2.15. The van der Waals surface area contributed by atoms with Crippen LogP contribution >= 0.6 is 0 Å². The molecule has 0 spiro atoms. The van der Waals surface area contributed by atoms with Gasteiger partial charge in [0.1, 0.15) is 5.69 Å². The zero-order valence-corrected chi connectivity index (χ0v) is 5.80. The first-order valence-corrected chi connectivity index (χ1v) is 3.42. The molecule has 0 bridgehead atoms. The first-order chi connectivity index (χ1) is 5.29. The average Bonchev–Trinajstić information content (AvgIpc) is 2.34. The van der Waals surface area contributed by atoms with Gasteiger partial charge >= 0.3 is 0 Å². The minimum Gasteiger partial charge on any atom is -0.349 e. The standard InChI is InChI=1S/C7H7FN2O/c8-5-1-3-10-4-2-9-7(11)6(5)10/h1,3H,2,4H2,(H,9,11). The highest BCUT2D eigenvalue weighted by Crippen LogP contribution is 2.11. The molecule has 0 saturated carbocycles. The highest BCUT2D eigenvalue weighted by molar-refractivity contribution is 5.93. The zero-order chi connectivity index (χ0) is 7.84. The van der Waals surface area contributed by atoms with Gasteiger partial charge in [0.2, 0.25) is 0 Å². The molecule has 0 aliphatic carbocycles. The van der Waals surface area contributed by atoms with Gasteiger partial charge in [0, 0.05) is 19.3 Å². The highest BCUT2D eigenvalue weighted by Gasteiger charge is 2.20. The van der Waals surface area contributed by atoms with Crippen molar-refractivity contribution in [1.29, 1.82) is 0 Å². The molecular formula is C7H7FN2O. The fourth-order valence-corrected chi connectivity index (χ4v) is 1.24. The van der Waals surface area contributed by atoms with Gasteiger partial charge in [0.15, 0.2) is 5.82 Å². The van der Waals surface area contributed by atoms with E-state index in [9.17, 15) is 9.18 Å². The SMILES string of the molecule is O=C1NCCn2ccc(F)c21. The molecule has 3 nitrogen and oxygen atoms in total. The number of aromatic nitrogens is 1. The van der Waals surface area contributed by atoms with Crippen molar-refractivity contribution in [3.8, 4) is 0 Å². The topological polar surface area (TPSA) is 34.0 Å². The fraction of sp³-hybridized carbons (Fsp3) is 0.286. The van der Waals surface area contributed by atoms with Gasteiger partial charge in [-0.25, -0.2) is 4.39 Å². The minimum absolute atomic E-state index is 0.149. The van der Waals surface area contributed by atoms with Crippen LogP contribution in [0.3, 0.4) is 0 Å². The van der Waals surface area contributed by atoms with Crippen molar-refractivity contribution in [2.24, 2.45) is 0 Å². The summed E-state index contributed by atoms with van der Waals surface area (Å²) in [5.74, 6) is -0.763. The molecule has 1 aliphatic rings. The van der Waals surface area contributed by atoms with Crippen LogP contribution in [0.5, 0.6) is 0 Å². The second kappa shape index (κ2) is 2.08. The van der Waals surface area contributed by atoms with Gasteiger partial charge < -0.3 is 9.88 Å². The van der Waals surface area contributed by atoms with Crippen LogP contribution in [0.4, 0.5) is 4.39 Å². The Kier molecular flexibility index (Phi) is 1.21.